The molecular formula is C16H22O6. The van der Waals surface area contributed by atoms with Crippen molar-refractivity contribution < 1.29 is 28.5 Å². The van der Waals surface area contributed by atoms with Gasteiger partial charge in [-0.05, 0) is 27.2 Å². The number of ether oxygens (including phenoxy) is 4. The van der Waals surface area contributed by atoms with Crippen LogP contribution in [-0.4, -0.2) is 43.1 Å². The van der Waals surface area contributed by atoms with Gasteiger partial charge in [-0.15, -0.1) is 0 Å². The lowest BCUT2D eigenvalue weighted by atomic mass is 9.82. The predicted octanol–water partition coefficient (Wildman–Crippen LogP) is 1.43. The van der Waals surface area contributed by atoms with Gasteiger partial charge >= 0.3 is 11.9 Å². The molecule has 3 rings (SSSR count). The van der Waals surface area contributed by atoms with Gasteiger partial charge in [0.1, 0.15) is 18.1 Å². The molecule has 0 radical (unpaired) electrons. The summed E-state index contributed by atoms with van der Waals surface area (Å²) in [6.45, 7) is 9.75. The van der Waals surface area contributed by atoms with Crippen molar-refractivity contribution in [3.8, 4) is 0 Å². The van der Waals surface area contributed by atoms with E-state index in [1.165, 1.54) is 0 Å². The molecule has 2 saturated carbocycles. The average Bonchev–Trinajstić information content (AvgIpc) is 3.03. The van der Waals surface area contributed by atoms with Crippen LogP contribution in [0.3, 0.4) is 0 Å². The molecule has 3 fully saturated rings. The van der Waals surface area contributed by atoms with E-state index >= 15 is 0 Å². The second-order valence-electron chi connectivity index (χ2n) is 6.12. The summed E-state index contributed by atoms with van der Waals surface area (Å²) in [4.78, 5) is 24.2. The molecule has 0 aromatic rings. The molecule has 5 unspecified atom stereocenters. The van der Waals surface area contributed by atoms with Gasteiger partial charge in [0.05, 0.1) is 5.92 Å². The van der Waals surface area contributed by atoms with Crippen LogP contribution < -0.4 is 0 Å². The third kappa shape index (κ3) is 1.93. The standard InChI is InChI=1S/C16H22O6/c1-5-19-16(20-6-2)10-7-9-11(16)15(18)21-12(9)13(10)22-14(17)8(3)4/h9-13H,3,5-7H2,1-2,4H3. The molecular weight excluding hydrogens is 288 g/mol. The van der Waals surface area contributed by atoms with Gasteiger partial charge in [0.2, 0.25) is 0 Å². The first-order chi connectivity index (χ1) is 10.5. The number of hydrogen-bond acceptors (Lipinski definition) is 6. The molecule has 1 saturated heterocycles. The third-order valence-electron chi connectivity index (χ3n) is 4.88. The van der Waals surface area contributed by atoms with E-state index in [4.69, 9.17) is 18.9 Å². The maximum Gasteiger partial charge on any atom is 0.333 e. The molecule has 3 aliphatic rings. The second kappa shape index (κ2) is 5.35. The van der Waals surface area contributed by atoms with Gasteiger partial charge in [0.25, 0.3) is 0 Å². The zero-order valence-corrected chi connectivity index (χ0v) is 13.2. The van der Waals surface area contributed by atoms with Crippen molar-refractivity contribution in [2.24, 2.45) is 17.8 Å². The van der Waals surface area contributed by atoms with E-state index in [0.717, 1.165) is 0 Å². The van der Waals surface area contributed by atoms with Gasteiger partial charge in [-0.1, -0.05) is 6.58 Å². The maximum absolute atomic E-state index is 12.3. The summed E-state index contributed by atoms with van der Waals surface area (Å²) in [6, 6.07) is 0. The highest BCUT2D eigenvalue weighted by Gasteiger charge is 2.76. The van der Waals surface area contributed by atoms with Gasteiger partial charge in [0, 0.05) is 24.7 Å². The smallest absolute Gasteiger partial charge is 0.333 e. The summed E-state index contributed by atoms with van der Waals surface area (Å²) < 4.78 is 22.8. The van der Waals surface area contributed by atoms with Gasteiger partial charge in [-0.3, -0.25) is 4.79 Å². The molecule has 2 bridgehead atoms. The van der Waals surface area contributed by atoms with E-state index in [1.807, 2.05) is 13.8 Å². The predicted molar refractivity (Wildman–Crippen MR) is 75.6 cm³/mol. The number of fused-ring (bicyclic) bond motifs is 1. The van der Waals surface area contributed by atoms with Gasteiger partial charge in [-0.25, -0.2) is 4.79 Å². The quantitative estimate of drug-likeness (QED) is 0.420. The fraction of sp³-hybridized carbons (Fsp3) is 0.750. The lowest BCUT2D eigenvalue weighted by Crippen LogP contribution is -2.55. The van der Waals surface area contributed by atoms with Crippen molar-refractivity contribution in [2.75, 3.05) is 13.2 Å². The highest BCUT2D eigenvalue weighted by molar-refractivity contribution is 5.87. The van der Waals surface area contributed by atoms with Crippen molar-refractivity contribution in [1.82, 2.24) is 0 Å². The summed E-state index contributed by atoms with van der Waals surface area (Å²) in [5.74, 6) is -2.46. The lowest BCUT2D eigenvalue weighted by Gasteiger charge is -2.41. The Morgan fingerprint density at radius 2 is 2.00 bits per heavy atom. The highest BCUT2D eigenvalue weighted by atomic mass is 16.7. The first-order valence-corrected chi connectivity index (χ1v) is 7.81. The average molecular weight is 310 g/mol. The molecule has 0 amide bonds. The summed E-state index contributed by atoms with van der Waals surface area (Å²) in [6.07, 6.45) is -0.218. The number of carbonyl (C=O) groups excluding carboxylic acids is 2. The molecule has 0 aromatic carbocycles. The summed E-state index contributed by atoms with van der Waals surface area (Å²) >= 11 is 0. The SMILES string of the molecule is C=C(C)C(=O)OC1C2OC(=O)C3C2CC1C3(OCC)OCC. The fourth-order valence-electron chi connectivity index (χ4n) is 4.24. The van der Waals surface area contributed by atoms with Crippen LogP contribution >= 0.6 is 0 Å². The molecule has 5 atom stereocenters. The molecule has 2 aliphatic carbocycles. The number of hydrogen-bond donors (Lipinski definition) is 0. The van der Waals surface area contributed by atoms with Crippen LogP contribution in [0.25, 0.3) is 0 Å². The molecule has 6 heteroatoms. The highest BCUT2D eigenvalue weighted by Crippen LogP contribution is 2.62. The van der Waals surface area contributed by atoms with Crippen LogP contribution in [0.2, 0.25) is 0 Å². The summed E-state index contributed by atoms with van der Waals surface area (Å²) in [5, 5.41) is 0. The summed E-state index contributed by atoms with van der Waals surface area (Å²) in [7, 11) is 0. The van der Waals surface area contributed by atoms with Crippen LogP contribution in [0.4, 0.5) is 0 Å². The Bertz CT molecular complexity index is 507. The van der Waals surface area contributed by atoms with E-state index in [9.17, 15) is 9.59 Å². The van der Waals surface area contributed by atoms with E-state index in [-0.39, 0.29) is 23.9 Å². The van der Waals surface area contributed by atoms with Crippen molar-refractivity contribution in [1.29, 1.82) is 0 Å². The first-order valence-electron chi connectivity index (χ1n) is 7.81. The minimum absolute atomic E-state index is 0.0153. The Balaban J connectivity index is 1.94. The van der Waals surface area contributed by atoms with E-state index in [0.29, 0.717) is 25.2 Å². The number of rotatable bonds is 6. The van der Waals surface area contributed by atoms with Gasteiger partial charge < -0.3 is 18.9 Å². The van der Waals surface area contributed by atoms with Crippen molar-refractivity contribution in [3.63, 3.8) is 0 Å². The molecule has 0 aromatic heterocycles. The van der Waals surface area contributed by atoms with Crippen LogP contribution in [0.15, 0.2) is 12.2 Å². The Morgan fingerprint density at radius 3 is 2.55 bits per heavy atom. The van der Waals surface area contributed by atoms with Crippen LogP contribution in [-0.2, 0) is 28.5 Å². The van der Waals surface area contributed by atoms with Crippen LogP contribution in [0.5, 0.6) is 0 Å². The van der Waals surface area contributed by atoms with E-state index < -0.39 is 23.8 Å². The zero-order chi connectivity index (χ0) is 16.1. The minimum Gasteiger partial charge on any atom is -0.458 e. The second-order valence-corrected chi connectivity index (χ2v) is 6.12. The van der Waals surface area contributed by atoms with E-state index in [1.54, 1.807) is 6.92 Å². The number of esters is 2. The van der Waals surface area contributed by atoms with Crippen molar-refractivity contribution in [3.05, 3.63) is 12.2 Å². The zero-order valence-electron chi connectivity index (χ0n) is 13.2. The number of carbonyl (C=O) groups is 2. The molecule has 6 nitrogen and oxygen atoms in total. The Morgan fingerprint density at radius 1 is 1.36 bits per heavy atom. The largest absolute Gasteiger partial charge is 0.458 e. The lowest BCUT2D eigenvalue weighted by molar-refractivity contribution is -0.290. The van der Waals surface area contributed by atoms with Crippen molar-refractivity contribution >= 4 is 11.9 Å². The van der Waals surface area contributed by atoms with Gasteiger partial charge in [-0.2, -0.15) is 0 Å². The molecule has 0 spiro atoms. The Labute approximate surface area is 129 Å². The minimum atomic E-state index is -1.04. The first kappa shape index (κ1) is 15.5. The molecule has 1 heterocycles. The third-order valence-corrected chi connectivity index (χ3v) is 4.88. The van der Waals surface area contributed by atoms with E-state index in [2.05, 4.69) is 6.58 Å². The summed E-state index contributed by atoms with van der Waals surface area (Å²) in [5.41, 5.74) is 0.321. The Hall–Kier alpha value is -1.40. The normalized spacial score (nSPS) is 37.2. The molecule has 1 aliphatic heterocycles. The maximum atomic E-state index is 12.3. The Kier molecular flexibility index (Phi) is 3.77. The van der Waals surface area contributed by atoms with Crippen LogP contribution in [0, 0.1) is 17.8 Å². The molecule has 122 valence electrons. The fourth-order valence-corrected chi connectivity index (χ4v) is 4.24. The molecule has 22 heavy (non-hydrogen) atoms. The van der Waals surface area contributed by atoms with Crippen molar-refractivity contribution in [2.45, 2.75) is 45.2 Å². The van der Waals surface area contributed by atoms with Crippen LogP contribution in [0.1, 0.15) is 27.2 Å². The monoisotopic (exact) mass is 310 g/mol. The van der Waals surface area contributed by atoms with Gasteiger partial charge in [0.15, 0.2) is 5.79 Å². The molecule has 0 N–H and O–H groups in total. The topological polar surface area (TPSA) is 71.1 Å².